The van der Waals surface area contributed by atoms with Crippen molar-refractivity contribution in [2.45, 2.75) is 5.03 Å². The van der Waals surface area contributed by atoms with Crippen molar-refractivity contribution >= 4 is 60.9 Å². The topological polar surface area (TPSA) is 106 Å². The predicted molar refractivity (Wildman–Crippen MR) is 83.6 cm³/mol. The van der Waals surface area contributed by atoms with Gasteiger partial charge in [-0.2, -0.15) is 0 Å². The highest BCUT2D eigenvalue weighted by atomic mass is 32.2. The zero-order valence-electron chi connectivity index (χ0n) is 10.3. The van der Waals surface area contributed by atoms with Crippen LogP contribution in [0.25, 0.3) is 20.1 Å². The van der Waals surface area contributed by atoms with Crippen LogP contribution in [0.3, 0.4) is 0 Å². The highest BCUT2D eigenvalue weighted by molar-refractivity contribution is 8.15. The lowest BCUT2D eigenvalue weighted by atomic mass is 10.3. The van der Waals surface area contributed by atoms with Gasteiger partial charge in [-0.3, -0.25) is 4.79 Å². The molecule has 3 aromatic rings. The minimum atomic E-state index is -1.51. The lowest BCUT2D eigenvalue weighted by Gasteiger charge is -1.95. The van der Waals surface area contributed by atoms with E-state index in [9.17, 15) is 9.59 Å². The zero-order valence-corrected chi connectivity index (χ0v) is 12.7. The predicted octanol–water partition coefficient (Wildman–Crippen LogP) is 2.71. The Labute approximate surface area is 130 Å². The molecule has 0 saturated carbocycles. The Balaban J connectivity index is 2.05. The van der Waals surface area contributed by atoms with E-state index in [0.29, 0.717) is 21.6 Å². The number of hydrogen-bond acceptors (Lipinski definition) is 8. The van der Waals surface area contributed by atoms with Crippen molar-refractivity contribution in [3.63, 3.8) is 0 Å². The third-order valence-corrected chi connectivity index (χ3v) is 5.52. The number of nitrogen functional groups attached to an aromatic ring is 1. The molecule has 1 aromatic carbocycles. The number of aliphatic carboxylic acids is 1. The number of nitrogens with two attached hydrogens (primary N) is 1. The summed E-state index contributed by atoms with van der Waals surface area (Å²) in [6, 6.07) is 7.62. The van der Waals surface area contributed by atoms with E-state index in [-0.39, 0.29) is 10.2 Å². The van der Waals surface area contributed by atoms with Gasteiger partial charge in [-0.1, -0.05) is 23.5 Å². The van der Waals surface area contributed by atoms with E-state index in [1.807, 2.05) is 24.3 Å². The summed E-state index contributed by atoms with van der Waals surface area (Å²) in [7, 11) is 0. The monoisotopic (exact) mass is 337 g/mol. The number of thiazole rings is 2. The fraction of sp³-hybridized carbons (Fsp3) is 0. The van der Waals surface area contributed by atoms with Crippen LogP contribution in [-0.2, 0) is 9.59 Å². The number of hydrogen-bond donors (Lipinski definition) is 2. The third kappa shape index (κ3) is 2.75. The number of thioether (sulfide) groups is 1. The zero-order chi connectivity index (χ0) is 15.0. The second-order valence-corrected chi connectivity index (χ2v) is 6.89. The molecule has 2 aromatic heterocycles. The molecule has 0 bridgehead atoms. The summed E-state index contributed by atoms with van der Waals surface area (Å²) in [5.74, 6) is -1.51. The van der Waals surface area contributed by atoms with E-state index in [4.69, 9.17) is 10.8 Å². The molecule has 0 fully saturated rings. The molecular weight excluding hydrogens is 330 g/mol. The van der Waals surface area contributed by atoms with Crippen molar-refractivity contribution in [3.8, 4) is 9.88 Å². The van der Waals surface area contributed by atoms with Gasteiger partial charge >= 0.3 is 11.1 Å². The van der Waals surface area contributed by atoms with Gasteiger partial charge < -0.3 is 10.8 Å². The Morgan fingerprint density at radius 2 is 1.95 bits per heavy atom. The van der Waals surface area contributed by atoms with Crippen molar-refractivity contribution in [1.29, 1.82) is 0 Å². The van der Waals surface area contributed by atoms with E-state index >= 15 is 0 Å². The van der Waals surface area contributed by atoms with Crippen molar-refractivity contribution in [2.24, 2.45) is 0 Å². The maximum atomic E-state index is 11.3. The van der Waals surface area contributed by atoms with Crippen molar-refractivity contribution in [2.75, 3.05) is 5.73 Å². The normalized spacial score (nSPS) is 10.9. The lowest BCUT2D eigenvalue weighted by molar-refractivity contribution is -0.144. The molecule has 3 rings (SSSR count). The highest BCUT2D eigenvalue weighted by Gasteiger charge is 2.22. The van der Waals surface area contributed by atoms with E-state index in [1.165, 1.54) is 22.7 Å². The van der Waals surface area contributed by atoms with E-state index in [0.717, 1.165) is 10.2 Å². The van der Waals surface area contributed by atoms with Crippen LogP contribution in [0.4, 0.5) is 5.13 Å². The van der Waals surface area contributed by atoms with Crippen molar-refractivity contribution < 1.29 is 14.7 Å². The van der Waals surface area contributed by atoms with Crippen LogP contribution in [0.15, 0.2) is 29.3 Å². The van der Waals surface area contributed by atoms with Crippen LogP contribution in [0.5, 0.6) is 0 Å². The SMILES string of the molecule is Nc1nc(SC(=O)C(=O)O)c(-c2nc3ccccc3s2)s1. The number of benzene rings is 1. The molecule has 2 heterocycles. The molecule has 0 aliphatic rings. The number of fused-ring (bicyclic) bond motifs is 1. The molecule has 0 spiro atoms. The molecule has 0 radical (unpaired) electrons. The maximum absolute atomic E-state index is 11.3. The Kier molecular flexibility index (Phi) is 3.62. The van der Waals surface area contributed by atoms with Gasteiger partial charge in [0.15, 0.2) is 5.13 Å². The summed E-state index contributed by atoms with van der Waals surface area (Å²) in [5, 5.41) is 8.91. The smallest absolute Gasteiger partial charge is 0.383 e. The van der Waals surface area contributed by atoms with Crippen LogP contribution < -0.4 is 5.73 Å². The summed E-state index contributed by atoms with van der Waals surface area (Å²) < 4.78 is 1.000. The van der Waals surface area contributed by atoms with Gasteiger partial charge in [0, 0.05) is 0 Å². The second-order valence-electron chi connectivity index (χ2n) is 3.87. The fourth-order valence-corrected chi connectivity index (χ4v) is 4.36. The molecule has 3 N–H and O–H groups in total. The van der Waals surface area contributed by atoms with Gasteiger partial charge in [0.05, 0.1) is 15.1 Å². The van der Waals surface area contributed by atoms with E-state index in [2.05, 4.69) is 9.97 Å². The number of para-hydroxylation sites is 1. The Morgan fingerprint density at radius 3 is 2.67 bits per heavy atom. The quantitative estimate of drug-likeness (QED) is 0.547. The summed E-state index contributed by atoms with van der Waals surface area (Å²) >= 11 is 3.18. The molecular formula is C12H7N3O3S3. The molecule has 21 heavy (non-hydrogen) atoms. The standard InChI is InChI=1S/C12H7N3O3S3/c13-12-15-9(21-11(18)10(16)17)7(20-12)8-14-5-3-1-2-4-6(5)19-8/h1-4H,(H2,13,15)(H,16,17). The van der Waals surface area contributed by atoms with Gasteiger partial charge in [0.25, 0.3) is 0 Å². The molecule has 0 atom stereocenters. The number of carboxylic acid groups (broad SMARTS) is 1. The molecule has 0 unspecified atom stereocenters. The minimum absolute atomic E-state index is 0.268. The van der Waals surface area contributed by atoms with Gasteiger partial charge in [0.2, 0.25) is 0 Å². The van der Waals surface area contributed by atoms with Gasteiger partial charge in [0.1, 0.15) is 10.0 Å². The Morgan fingerprint density at radius 1 is 1.19 bits per heavy atom. The van der Waals surface area contributed by atoms with Crippen LogP contribution >= 0.6 is 34.4 Å². The van der Waals surface area contributed by atoms with E-state index in [1.54, 1.807) is 0 Å². The summed E-state index contributed by atoms with van der Waals surface area (Å²) in [5.41, 5.74) is 6.51. The van der Waals surface area contributed by atoms with Gasteiger partial charge in [-0.05, 0) is 23.9 Å². The molecule has 0 saturated heterocycles. The first-order valence-corrected chi connectivity index (χ1v) is 8.07. The van der Waals surface area contributed by atoms with Crippen LogP contribution in [-0.4, -0.2) is 26.2 Å². The molecule has 106 valence electrons. The molecule has 9 heteroatoms. The minimum Gasteiger partial charge on any atom is -0.475 e. The first kappa shape index (κ1) is 14.0. The molecule has 6 nitrogen and oxygen atoms in total. The van der Waals surface area contributed by atoms with Crippen molar-refractivity contribution in [3.05, 3.63) is 24.3 Å². The number of carbonyl (C=O) groups excluding carboxylic acids is 1. The molecule has 0 aliphatic carbocycles. The Hall–Kier alpha value is -1.97. The summed E-state index contributed by atoms with van der Waals surface area (Å²) in [4.78, 5) is 31.1. The number of rotatable bonds is 2. The number of aromatic nitrogens is 2. The first-order chi connectivity index (χ1) is 10.0. The summed E-state index contributed by atoms with van der Waals surface area (Å²) in [6.07, 6.45) is 0. The second kappa shape index (κ2) is 5.43. The number of carbonyl (C=O) groups is 2. The van der Waals surface area contributed by atoms with E-state index < -0.39 is 11.1 Å². The van der Waals surface area contributed by atoms with Crippen molar-refractivity contribution in [1.82, 2.24) is 9.97 Å². The molecule has 0 aliphatic heterocycles. The number of carboxylic acids is 1. The largest absolute Gasteiger partial charge is 0.475 e. The van der Waals surface area contributed by atoms with Crippen LogP contribution in [0, 0.1) is 0 Å². The highest BCUT2D eigenvalue weighted by Crippen LogP contribution is 2.40. The molecule has 0 amide bonds. The average molecular weight is 337 g/mol. The van der Waals surface area contributed by atoms with Gasteiger partial charge in [-0.25, -0.2) is 14.8 Å². The lowest BCUT2D eigenvalue weighted by Crippen LogP contribution is -2.07. The number of nitrogens with zero attached hydrogens (tertiary/aromatic N) is 2. The first-order valence-electron chi connectivity index (χ1n) is 5.62. The maximum Gasteiger partial charge on any atom is 0.383 e. The fourth-order valence-electron chi connectivity index (χ4n) is 1.63. The van der Waals surface area contributed by atoms with Crippen LogP contribution in [0.2, 0.25) is 0 Å². The van der Waals surface area contributed by atoms with Gasteiger partial charge in [-0.15, -0.1) is 11.3 Å². The summed E-state index contributed by atoms with van der Waals surface area (Å²) in [6.45, 7) is 0. The van der Waals surface area contributed by atoms with Crippen LogP contribution in [0.1, 0.15) is 0 Å². The average Bonchev–Trinajstić information content (AvgIpc) is 3.01. The third-order valence-electron chi connectivity index (χ3n) is 2.46. The number of anilines is 1. The Bertz CT molecular complexity index is 823.